The molecule has 188 valence electrons. The van der Waals surface area contributed by atoms with Crippen molar-refractivity contribution in [2.24, 2.45) is 0 Å². The normalized spacial score (nSPS) is 17.2. The Morgan fingerprint density at radius 3 is 2.42 bits per heavy atom. The maximum absolute atomic E-state index is 13.8. The largest absolute Gasteiger partial charge is 0.872 e. The Morgan fingerprint density at radius 1 is 1.08 bits per heavy atom. The first kappa shape index (κ1) is 25.2. The number of rotatable bonds is 9. The minimum Gasteiger partial charge on any atom is -0.872 e. The van der Waals surface area contributed by atoms with Crippen LogP contribution in [0.15, 0.2) is 66.4 Å². The molecule has 1 amide bonds. The molecule has 1 fully saturated rings. The summed E-state index contributed by atoms with van der Waals surface area (Å²) >= 11 is 0. The van der Waals surface area contributed by atoms with Crippen molar-refractivity contribution in [2.75, 3.05) is 33.8 Å². The van der Waals surface area contributed by atoms with Crippen LogP contribution >= 0.6 is 0 Å². The predicted octanol–water partition coefficient (Wildman–Crippen LogP) is 1.34. The number of nitrogens with one attached hydrogen (secondary N) is 1. The second kappa shape index (κ2) is 10.8. The first-order valence-electron chi connectivity index (χ1n) is 12.2. The maximum atomic E-state index is 13.8. The molecule has 36 heavy (non-hydrogen) atoms. The Hall–Kier alpha value is -3.91. The number of quaternary nitrogens is 1. The lowest BCUT2D eigenvalue weighted by Crippen LogP contribution is -3.05. The van der Waals surface area contributed by atoms with Crippen LogP contribution in [0.1, 0.15) is 36.2 Å². The van der Waals surface area contributed by atoms with Gasteiger partial charge in [0, 0.05) is 29.8 Å². The number of likely N-dealkylation sites (tertiary alicyclic amines) is 1. The average Bonchev–Trinajstić information content (AvgIpc) is 3.37. The van der Waals surface area contributed by atoms with Gasteiger partial charge >= 0.3 is 0 Å². The lowest BCUT2D eigenvalue weighted by atomic mass is 9.95. The van der Waals surface area contributed by atoms with E-state index in [0.29, 0.717) is 42.1 Å². The van der Waals surface area contributed by atoms with Crippen molar-refractivity contribution in [3.63, 3.8) is 0 Å². The molecule has 1 aliphatic rings. The van der Waals surface area contributed by atoms with Gasteiger partial charge in [-0.25, -0.2) is 4.68 Å². The lowest BCUT2D eigenvalue weighted by molar-refractivity contribution is -0.858. The van der Waals surface area contributed by atoms with Crippen molar-refractivity contribution in [1.82, 2.24) is 14.7 Å². The number of ketones is 1. The van der Waals surface area contributed by atoms with E-state index in [2.05, 4.69) is 5.10 Å². The van der Waals surface area contributed by atoms with Gasteiger partial charge < -0.3 is 19.6 Å². The molecule has 1 unspecified atom stereocenters. The van der Waals surface area contributed by atoms with Gasteiger partial charge in [0.1, 0.15) is 5.75 Å². The van der Waals surface area contributed by atoms with E-state index in [1.54, 1.807) is 23.7 Å². The molecular formula is C28H32N4O4. The SMILES string of the molecule is CCOc1ccc(C2/C(=C(\[O-])c3cnn(-c4ccccc4)c3C)C(=O)C(=O)N2CCC[NH+](C)C)cc1. The molecule has 0 saturated carbocycles. The number of ether oxygens (including phenoxy) is 1. The zero-order valence-electron chi connectivity index (χ0n) is 21.2. The van der Waals surface area contributed by atoms with E-state index in [4.69, 9.17) is 4.74 Å². The standard InChI is InChI=1S/C28H32N4O4/c1-5-36-22-14-12-20(13-15-22)25-24(27(34)28(35)31(25)17-9-16-30(3)4)26(33)23-18-29-32(19(23)2)21-10-7-6-8-11-21/h6-8,10-15,18,25,33H,5,9,16-17H2,1-4H3/b26-24+. The summed E-state index contributed by atoms with van der Waals surface area (Å²) in [6.45, 7) is 5.43. The summed E-state index contributed by atoms with van der Waals surface area (Å²) in [6.07, 6.45) is 2.18. The molecule has 1 aromatic heterocycles. The quantitative estimate of drug-likeness (QED) is 0.279. The van der Waals surface area contributed by atoms with E-state index in [-0.39, 0.29) is 5.57 Å². The lowest BCUT2D eigenvalue weighted by Gasteiger charge is -2.27. The van der Waals surface area contributed by atoms with Gasteiger partial charge in [0.25, 0.3) is 5.91 Å². The Balaban J connectivity index is 1.79. The third-order valence-corrected chi connectivity index (χ3v) is 6.37. The van der Waals surface area contributed by atoms with E-state index in [1.807, 2.05) is 63.5 Å². The first-order valence-corrected chi connectivity index (χ1v) is 12.2. The highest BCUT2D eigenvalue weighted by Gasteiger charge is 2.44. The molecule has 1 N–H and O–H groups in total. The zero-order valence-corrected chi connectivity index (χ0v) is 21.2. The number of carbonyl (C=O) groups excluding carboxylic acids is 2. The highest BCUT2D eigenvalue weighted by molar-refractivity contribution is 6.46. The van der Waals surface area contributed by atoms with Gasteiger partial charge in [-0.1, -0.05) is 36.1 Å². The van der Waals surface area contributed by atoms with Crippen molar-refractivity contribution < 1.29 is 24.3 Å². The van der Waals surface area contributed by atoms with Crippen LogP contribution in [0.2, 0.25) is 0 Å². The van der Waals surface area contributed by atoms with Crippen molar-refractivity contribution >= 4 is 17.4 Å². The maximum Gasteiger partial charge on any atom is 0.295 e. The Morgan fingerprint density at radius 2 is 1.78 bits per heavy atom. The van der Waals surface area contributed by atoms with Crippen LogP contribution in [0, 0.1) is 6.92 Å². The summed E-state index contributed by atoms with van der Waals surface area (Å²) in [6, 6.07) is 15.9. The molecule has 2 aromatic carbocycles. The molecule has 3 aromatic rings. The summed E-state index contributed by atoms with van der Waals surface area (Å²) in [5, 5.41) is 18.2. The van der Waals surface area contributed by atoms with Crippen molar-refractivity contribution in [1.29, 1.82) is 0 Å². The topological polar surface area (TPSA) is 91.9 Å². The van der Waals surface area contributed by atoms with Crippen LogP contribution < -0.4 is 14.7 Å². The molecule has 2 heterocycles. The molecule has 1 aliphatic heterocycles. The van der Waals surface area contributed by atoms with E-state index in [1.165, 1.54) is 16.0 Å². The van der Waals surface area contributed by atoms with Gasteiger partial charge in [-0.05, 0) is 43.7 Å². The van der Waals surface area contributed by atoms with Gasteiger partial charge in [0.2, 0.25) is 5.78 Å². The van der Waals surface area contributed by atoms with Gasteiger partial charge in [-0.15, -0.1) is 0 Å². The molecule has 4 rings (SSSR count). The van der Waals surface area contributed by atoms with Crippen LogP contribution in [-0.4, -0.2) is 60.2 Å². The molecule has 0 bridgehead atoms. The molecule has 1 saturated heterocycles. The molecule has 0 spiro atoms. The van der Waals surface area contributed by atoms with Crippen LogP contribution in [0.25, 0.3) is 11.4 Å². The fourth-order valence-electron chi connectivity index (χ4n) is 4.57. The third kappa shape index (κ3) is 4.90. The highest BCUT2D eigenvalue weighted by Crippen LogP contribution is 2.39. The third-order valence-electron chi connectivity index (χ3n) is 6.37. The summed E-state index contributed by atoms with van der Waals surface area (Å²) in [5.41, 5.74) is 2.40. The highest BCUT2D eigenvalue weighted by atomic mass is 16.5. The summed E-state index contributed by atoms with van der Waals surface area (Å²) in [4.78, 5) is 29.2. The minimum absolute atomic E-state index is 0.0305. The van der Waals surface area contributed by atoms with Gasteiger partial charge in [0.05, 0.1) is 45.2 Å². The average molecular weight is 489 g/mol. The molecule has 1 atom stereocenters. The smallest absolute Gasteiger partial charge is 0.295 e. The van der Waals surface area contributed by atoms with E-state index in [9.17, 15) is 14.7 Å². The predicted molar refractivity (Wildman–Crippen MR) is 135 cm³/mol. The second-order valence-electron chi connectivity index (χ2n) is 9.18. The van der Waals surface area contributed by atoms with Crippen LogP contribution in [0.4, 0.5) is 0 Å². The fraction of sp³-hybridized carbons (Fsp3) is 0.321. The number of Topliss-reactive ketones (excluding diaryl/α,β-unsaturated/α-hetero) is 1. The number of hydrogen-bond acceptors (Lipinski definition) is 5. The van der Waals surface area contributed by atoms with E-state index >= 15 is 0 Å². The van der Waals surface area contributed by atoms with E-state index < -0.39 is 23.5 Å². The summed E-state index contributed by atoms with van der Waals surface area (Å²) in [7, 11) is 4.07. The van der Waals surface area contributed by atoms with Crippen LogP contribution in [-0.2, 0) is 9.59 Å². The monoisotopic (exact) mass is 488 g/mol. The molecular weight excluding hydrogens is 456 g/mol. The number of aromatic nitrogens is 2. The number of para-hydroxylation sites is 1. The Bertz CT molecular complexity index is 1260. The van der Waals surface area contributed by atoms with Crippen molar-refractivity contribution in [2.45, 2.75) is 26.3 Å². The van der Waals surface area contributed by atoms with Crippen molar-refractivity contribution in [3.05, 3.63) is 83.2 Å². The summed E-state index contributed by atoms with van der Waals surface area (Å²) < 4.78 is 7.22. The molecule has 8 nitrogen and oxygen atoms in total. The van der Waals surface area contributed by atoms with Gasteiger partial charge in [0.15, 0.2) is 0 Å². The Kier molecular flexibility index (Phi) is 7.55. The fourth-order valence-corrected chi connectivity index (χ4v) is 4.57. The first-order chi connectivity index (χ1) is 17.3. The van der Waals surface area contributed by atoms with Gasteiger partial charge in [-0.3, -0.25) is 9.59 Å². The van der Waals surface area contributed by atoms with Gasteiger partial charge in [-0.2, -0.15) is 5.10 Å². The number of amides is 1. The number of nitrogens with zero attached hydrogens (tertiary/aromatic N) is 3. The second-order valence-corrected chi connectivity index (χ2v) is 9.18. The minimum atomic E-state index is -0.759. The number of benzene rings is 2. The molecule has 0 radical (unpaired) electrons. The van der Waals surface area contributed by atoms with Crippen LogP contribution in [0.3, 0.4) is 0 Å². The Labute approximate surface area is 211 Å². The van der Waals surface area contributed by atoms with Crippen LogP contribution in [0.5, 0.6) is 5.75 Å². The number of carbonyl (C=O) groups is 2. The number of hydrogen-bond donors (Lipinski definition) is 1. The van der Waals surface area contributed by atoms with Crippen molar-refractivity contribution in [3.8, 4) is 11.4 Å². The van der Waals surface area contributed by atoms with E-state index in [0.717, 1.165) is 12.2 Å². The molecule has 8 heteroatoms. The zero-order chi connectivity index (χ0) is 25.8. The molecule has 0 aliphatic carbocycles. The summed E-state index contributed by atoms with van der Waals surface area (Å²) in [5.74, 6) is -1.16.